The van der Waals surface area contributed by atoms with Gasteiger partial charge in [-0.2, -0.15) is 0 Å². The van der Waals surface area contributed by atoms with Crippen molar-refractivity contribution in [2.24, 2.45) is 0 Å². The molecule has 1 aliphatic heterocycles. The van der Waals surface area contributed by atoms with Gasteiger partial charge in [0.1, 0.15) is 22.8 Å². The number of ketones is 2. The number of thioether (sulfide) groups is 1. The molecule has 20 nitrogen and oxygen atoms in total. The Balaban J connectivity index is 0.909. The highest BCUT2D eigenvalue weighted by Crippen LogP contribution is 2.51. The van der Waals surface area contributed by atoms with Gasteiger partial charge in [-0.25, -0.2) is 0 Å². The molecule has 3 aromatic rings. The van der Waals surface area contributed by atoms with Crippen LogP contribution in [0.3, 0.4) is 0 Å². The number of hydrogen-bond acceptors (Lipinski definition) is 15. The van der Waals surface area contributed by atoms with Crippen molar-refractivity contribution < 1.29 is 68.3 Å². The third-order valence-corrected chi connectivity index (χ3v) is 13.1. The summed E-state index contributed by atoms with van der Waals surface area (Å²) >= 11 is 1.47. The van der Waals surface area contributed by atoms with Gasteiger partial charge in [0, 0.05) is 66.4 Å². The lowest BCUT2D eigenvalue weighted by Crippen LogP contribution is -2.51. The van der Waals surface area contributed by atoms with E-state index in [1.165, 1.54) is 49.2 Å². The van der Waals surface area contributed by atoms with Gasteiger partial charge < -0.3 is 51.7 Å². The van der Waals surface area contributed by atoms with Crippen molar-refractivity contribution in [1.82, 2.24) is 26.2 Å². The largest absolute Gasteiger partial charge is 0.507 e. The number of likely N-dealkylation sites (tertiary alicyclic amines) is 1. The Morgan fingerprint density at radius 2 is 1.49 bits per heavy atom. The lowest BCUT2D eigenvalue weighted by molar-refractivity contribution is -0.144. The molecule has 3 aromatic carbocycles. The second-order valence-corrected chi connectivity index (χ2v) is 18.1. The number of unbranched alkanes of at least 4 members (excludes halogenated alkanes) is 1. The summed E-state index contributed by atoms with van der Waals surface area (Å²) in [6, 6.07) is 10.4. The van der Waals surface area contributed by atoms with E-state index in [0.717, 1.165) is 24.2 Å². The number of amides is 7. The smallest absolute Gasteiger partial charge is 0.252 e. The summed E-state index contributed by atoms with van der Waals surface area (Å²) in [5, 5.41) is 57.1. The van der Waals surface area contributed by atoms with Crippen LogP contribution in [-0.2, 0) is 46.5 Å². The molecule has 67 heavy (non-hydrogen) atoms. The molecule has 0 aromatic heterocycles. The van der Waals surface area contributed by atoms with E-state index in [1.54, 1.807) is 12.1 Å². The summed E-state index contributed by atoms with van der Waals surface area (Å²) in [4.78, 5) is 116. The number of benzene rings is 3. The second-order valence-electron chi connectivity index (χ2n) is 16.5. The van der Waals surface area contributed by atoms with Crippen LogP contribution in [0.2, 0.25) is 0 Å². The molecule has 1 saturated heterocycles. The van der Waals surface area contributed by atoms with Crippen molar-refractivity contribution in [2.75, 3.05) is 38.6 Å². The first-order valence-electron chi connectivity index (χ1n) is 21.6. The number of carbonyl (C=O) groups is 9. The predicted octanol–water partition coefficient (Wildman–Crippen LogP) is 1.03. The van der Waals surface area contributed by atoms with Gasteiger partial charge in [-0.05, 0) is 30.2 Å². The van der Waals surface area contributed by atoms with E-state index in [4.69, 9.17) is 4.74 Å². The van der Waals surface area contributed by atoms with Crippen LogP contribution in [0.15, 0.2) is 42.5 Å². The molecule has 2 aliphatic carbocycles. The third kappa shape index (κ3) is 11.1. The van der Waals surface area contributed by atoms with E-state index in [2.05, 4.69) is 33.5 Å². The minimum Gasteiger partial charge on any atom is -0.507 e. The maximum Gasteiger partial charge on any atom is 0.252 e. The lowest BCUT2D eigenvalue weighted by atomic mass is 9.72. The molecule has 4 atom stereocenters. The standard InChI is InChI=1S/C46H52N6O14S/c1-4-5-7-23(2)67-30-16-35(58)52(44(30)63)15-14-31(54)47-20-32(55)48-21-33(56)49-22-34(57)51-25-12-10-24(11-13-25)19-50-45(64)46(65)17-27-36(28(53)18-46)42(61)39-38(41(27)60)40(59)26-8-6-9-29(66-3)37(26)43(39)62/h6,8-13,23,28,30,53,60-61,65H,4-5,7,14-22H2,1-3H3,(H,47,54)(H,48,55)(H,49,56)(H,50,64)(H,51,57). The normalized spacial score (nSPS) is 18.9. The molecule has 0 saturated carbocycles. The van der Waals surface area contributed by atoms with E-state index >= 15 is 0 Å². The van der Waals surface area contributed by atoms with Crippen LogP contribution < -0.4 is 31.3 Å². The molecule has 7 amide bonds. The maximum absolute atomic E-state index is 13.6. The number of ether oxygens (including phenoxy) is 1. The Morgan fingerprint density at radius 1 is 0.851 bits per heavy atom. The van der Waals surface area contributed by atoms with Crippen LogP contribution in [0.25, 0.3) is 0 Å². The Kier molecular flexibility index (Phi) is 15.7. The Morgan fingerprint density at radius 3 is 2.15 bits per heavy atom. The van der Waals surface area contributed by atoms with E-state index in [1.807, 2.05) is 6.92 Å². The number of aromatic hydroxyl groups is 2. The third-order valence-electron chi connectivity index (χ3n) is 11.7. The molecule has 6 rings (SSSR count). The summed E-state index contributed by atoms with van der Waals surface area (Å²) in [6.07, 6.45) is -0.0845. The number of aliphatic hydroxyl groups is 2. The number of phenolic OH excluding ortho intramolecular Hbond substituents is 2. The highest BCUT2D eigenvalue weighted by atomic mass is 32.2. The molecule has 0 radical (unpaired) electrons. The van der Waals surface area contributed by atoms with Crippen molar-refractivity contribution in [3.8, 4) is 17.2 Å². The molecule has 4 unspecified atom stereocenters. The number of nitrogens with zero attached hydrogens (tertiary/aromatic N) is 1. The molecule has 9 N–H and O–H groups in total. The number of anilines is 1. The summed E-state index contributed by atoms with van der Waals surface area (Å²) in [5.41, 5.74) is -3.31. The highest BCUT2D eigenvalue weighted by Gasteiger charge is 2.49. The minimum atomic E-state index is -2.32. The summed E-state index contributed by atoms with van der Waals surface area (Å²) in [7, 11) is 1.30. The zero-order chi connectivity index (χ0) is 48.7. The summed E-state index contributed by atoms with van der Waals surface area (Å²) in [5.74, 6) is -7.23. The molecule has 21 heteroatoms. The number of rotatable bonds is 19. The van der Waals surface area contributed by atoms with Gasteiger partial charge in [0.25, 0.3) is 5.91 Å². The van der Waals surface area contributed by atoms with Crippen LogP contribution >= 0.6 is 11.8 Å². The molecule has 356 valence electrons. The highest BCUT2D eigenvalue weighted by molar-refractivity contribution is 8.01. The predicted molar refractivity (Wildman–Crippen MR) is 240 cm³/mol. The fourth-order valence-electron chi connectivity index (χ4n) is 8.17. The zero-order valence-corrected chi connectivity index (χ0v) is 37.8. The van der Waals surface area contributed by atoms with Crippen LogP contribution in [0.1, 0.15) is 107 Å². The number of aliphatic hydroxyl groups excluding tert-OH is 1. The molecule has 1 fully saturated rings. The number of nitrogens with one attached hydrogen (secondary N) is 5. The molecule has 1 heterocycles. The quantitative estimate of drug-likeness (QED) is 0.0469. The summed E-state index contributed by atoms with van der Waals surface area (Å²) in [6.45, 7) is 2.45. The van der Waals surface area contributed by atoms with E-state index in [9.17, 15) is 63.6 Å². The first-order chi connectivity index (χ1) is 31.9. The molecule has 0 spiro atoms. The molecule has 3 aliphatic rings. The van der Waals surface area contributed by atoms with Gasteiger partial charge in [-0.1, -0.05) is 51.0 Å². The van der Waals surface area contributed by atoms with E-state index < -0.39 is 113 Å². The molecule has 0 bridgehead atoms. The number of methoxy groups -OCH3 is 1. The molecular weight excluding hydrogens is 893 g/mol. The average Bonchev–Trinajstić information content (AvgIpc) is 3.56. The van der Waals surface area contributed by atoms with E-state index in [-0.39, 0.29) is 71.0 Å². The first kappa shape index (κ1) is 49.6. The van der Waals surface area contributed by atoms with Gasteiger partial charge in [0.15, 0.2) is 5.78 Å². The van der Waals surface area contributed by atoms with Gasteiger partial charge in [0.05, 0.1) is 54.8 Å². The van der Waals surface area contributed by atoms with Crippen LogP contribution in [0.4, 0.5) is 5.69 Å². The molecular formula is C46H52N6O14S. The Bertz CT molecular complexity index is 2510. The van der Waals surface area contributed by atoms with Crippen LogP contribution in [0, 0.1) is 0 Å². The van der Waals surface area contributed by atoms with E-state index in [0.29, 0.717) is 11.3 Å². The van der Waals surface area contributed by atoms with Crippen molar-refractivity contribution in [1.29, 1.82) is 0 Å². The SMILES string of the molecule is CCCCC(C)SC1CC(=O)N(CCC(=O)NCC(=O)NCC(=O)NCC(=O)Nc2ccc(CNC(=O)C3(O)Cc4c(O)c5c(c(O)c4C(O)C3)C(=O)c3c(OC)cccc3C5=O)cc2)C1=O. The number of phenols is 2. The van der Waals surface area contributed by atoms with Crippen molar-refractivity contribution >= 4 is 70.4 Å². The van der Waals surface area contributed by atoms with Gasteiger partial charge in [0.2, 0.25) is 41.2 Å². The fraction of sp³-hybridized carbons (Fsp3) is 0.413. The van der Waals surface area contributed by atoms with Crippen LogP contribution in [0.5, 0.6) is 17.2 Å². The zero-order valence-electron chi connectivity index (χ0n) is 37.0. The van der Waals surface area contributed by atoms with Crippen molar-refractivity contribution in [3.63, 3.8) is 0 Å². The number of carbonyl (C=O) groups excluding carboxylic acids is 9. The average molecular weight is 945 g/mol. The van der Waals surface area contributed by atoms with Gasteiger partial charge in [-0.15, -0.1) is 11.8 Å². The van der Waals surface area contributed by atoms with Crippen molar-refractivity contribution in [2.45, 2.75) is 87.5 Å². The van der Waals surface area contributed by atoms with Gasteiger partial charge in [-0.3, -0.25) is 48.1 Å². The lowest BCUT2D eigenvalue weighted by Gasteiger charge is -2.37. The van der Waals surface area contributed by atoms with Crippen LogP contribution in [-0.4, -0.2) is 128 Å². The van der Waals surface area contributed by atoms with Gasteiger partial charge >= 0.3 is 0 Å². The monoisotopic (exact) mass is 944 g/mol. The van der Waals surface area contributed by atoms with Crippen molar-refractivity contribution in [3.05, 3.63) is 81.4 Å². The second kappa shape index (κ2) is 21.2. The number of hydrogen-bond donors (Lipinski definition) is 9. The minimum absolute atomic E-state index is 0.0669. The first-order valence-corrected chi connectivity index (χ1v) is 22.6. The fourth-order valence-corrected chi connectivity index (χ4v) is 9.52. The summed E-state index contributed by atoms with van der Waals surface area (Å²) < 4.78 is 5.24. The maximum atomic E-state index is 13.6. The Hall–Kier alpha value is -6.84. The Labute approximate surface area is 388 Å². The number of imide groups is 1. The number of fused-ring (bicyclic) bond motifs is 3. The topological polar surface area (TPSA) is 307 Å².